The van der Waals surface area contributed by atoms with Crippen LogP contribution in [0.3, 0.4) is 0 Å². The van der Waals surface area contributed by atoms with E-state index in [9.17, 15) is 35.7 Å². The zero-order valence-corrected chi connectivity index (χ0v) is 70.3. The van der Waals surface area contributed by atoms with E-state index in [2.05, 4.69) is 29.4 Å². The summed E-state index contributed by atoms with van der Waals surface area (Å²) in [6, 6.07) is 0. The Kier molecular flexibility index (Phi) is 41.8. The van der Waals surface area contributed by atoms with Gasteiger partial charge >= 0.3 is 0 Å². The maximum absolute atomic E-state index is 11.6. The van der Waals surface area contributed by atoms with E-state index in [1.807, 2.05) is 0 Å². The first kappa shape index (κ1) is 96.5. The quantitative estimate of drug-likeness (QED) is 0.0262. The van der Waals surface area contributed by atoms with Crippen LogP contribution in [0.2, 0.25) is 0 Å². The number of aliphatic hydroxyl groups excluding tert-OH is 7. The fourth-order valence-electron chi connectivity index (χ4n) is 14.7. The molecule has 0 aromatic carbocycles. The van der Waals surface area contributed by atoms with E-state index in [-0.39, 0.29) is 154 Å². The molecular weight excluding hydrogens is 1570 g/mol. The second-order valence-corrected chi connectivity index (χ2v) is 35.5. The SMILES string of the molecule is NCC(O)COCC(COCC(O)CN1CCN(CC(O)COCC(COCC2CO2)(COCC2CO2)COCC2CO2)CC1)(COCC(O)CN1CCN(CC(O)COCC(COCC2CO2)(COCC2CO2)COCC2CO2)CC1)COCC(O)CN1CCN(CC(O)COCC(COCC2CO2)(COCC2CO2)COCC2CO2)CC1. The molecule has 0 aromatic heterocycles. The van der Waals surface area contributed by atoms with E-state index < -0.39 is 64.4 Å². The maximum Gasteiger partial charge on any atom is 0.104 e. The molecule has 0 radical (unpaired) electrons. The second-order valence-electron chi connectivity index (χ2n) is 35.5. The summed E-state index contributed by atoms with van der Waals surface area (Å²) >= 11 is 0. The molecule has 0 amide bonds. The van der Waals surface area contributed by atoms with E-state index in [0.29, 0.717) is 296 Å². The van der Waals surface area contributed by atoms with Gasteiger partial charge in [0.15, 0.2) is 0 Å². The van der Waals surface area contributed by atoms with Crippen LogP contribution in [0.25, 0.3) is 0 Å². The highest BCUT2D eigenvalue weighted by molar-refractivity contribution is 4.89. The van der Waals surface area contributed by atoms with Crippen molar-refractivity contribution in [3.05, 3.63) is 0 Å². The molecule has 16 atom stereocenters. The summed E-state index contributed by atoms with van der Waals surface area (Å²) in [7, 11) is 0. The predicted octanol–water partition coefficient (Wildman–Crippen LogP) is -6.88. The van der Waals surface area contributed by atoms with Gasteiger partial charge in [-0.25, -0.2) is 0 Å². The molecular formula is C80H145N7O32. The van der Waals surface area contributed by atoms with Gasteiger partial charge in [0.25, 0.3) is 0 Å². The van der Waals surface area contributed by atoms with Gasteiger partial charge in [-0.05, 0) is 0 Å². The molecule has 16 unspecified atom stereocenters. The number of ether oxygens (including phenoxy) is 25. The van der Waals surface area contributed by atoms with Gasteiger partial charge in [0.05, 0.1) is 335 Å². The van der Waals surface area contributed by atoms with Crippen molar-refractivity contribution in [3.63, 3.8) is 0 Å². The van der Waals surface area contributed by atoms with Crippen molar-refractivity contribution in [3.8, 4) is 0 Å². The Bertz CT molecular complexity index is 2270. The summed E-state index contributed by atoms with van der Waals surface area (Å²) in [6.45, 7) is 24.0. The van der Waals surface area contributed by atoms with E-state index in [0.717, 1.165) is 0 Å². The highest BCUT2D eigenvalue weighted by atomic mass is 16.7. The zero-order chi connectivity index (χ0) is 82.8. The number of nitrogens with zero attached hydrogens (tertiary/aromatic N) is 6. The highest BCUT2D eigenvalue weighted by Gasteiger charge is 2.42. The Morgan fingerprint density at radius 1 is 0.210 bits per heavy atom. The first-order chi connectivity index (χ1) is 58.0. The van der Waals surface area contributed by atoms with Crippen molar-refractivity contribution >= 4 is 0 Å². The second kappa shape index (κ2) is 51.6. The third-order valence-electron chi connectivity index (χ3n) is 22.5. The first-order valence-corrected chi connectivity index (χ1v) is 43.6. The average molecular weight is 1720 g/mol. The minimum absolute atomic E-state index is 0.0175. The van der Waals surface area contributed by atoms with Gasteiger partial charge in [-0.1, -0.05) is 0 Å². The molecule has 12 fully saturated rings. The minimum Gasteiger partial charge on any atom is -0.389 e. The average Bonchev–Trinajstić information content (AvgIpc) is 1.03. The van der Waals surface area contributed by atoms with Crippen molar-refractivity contribution in [1.29, 1.82) is 0 Å². The number of aliphatic hydroxyl groups is 7. The van der Waals surface area contributed by atoms with Gasteiger partial charge in [0.2, 0.25) is 0 Å². The molecule has 12 saturated heterocycles. The molecule has 0 aliphatic carbocycles. The van der Waals surface area contributed by atoms with E-state index in [1.54, 1.807) is 0 Å². The smallest absolute Gasteiger partial charge is 0.104 e. The van der Waals surface area contributed by atoms with Gasteiger partial charge in [0.1, 0.15) is 54.9 Å². The number of epoxide rings is 9. The van der Waals surface area contributed by atoms with Crippen LogP contribution in [-0.4, -0.2) is 558 Å². The lowest BCUT2D eigenvalue weighted by molar-refractivity contribution is -0.134. The summed E-state index contributed by atoms with van der Waals surface area (Å²) in [5.41, 5.74) is 2.90. The van der Waals surface area contributed by atoms with Gasteiger partial charge < -0.3 is 160 Å². The molecule has 12 rings (SSSR count). The van der Waals surface area contributed by atoms with Crippen LogP contribution >= 0.6 is 0 Å². The number of hydrogen-bond donors (Lipinski definition) is 8. The van der Waals surface area contributed by atoms with Crippen LogP contribution in [0.5, 0.6) is 0 Å². The van der Waals surface area contributed by atoms with Crippen molar-refractivity contribution in [1.82, 2.24) is 29.4 Å². The molecule has 39 nitrogen and oxygen atoms in total. The number of hydrogen-bond acceptors (Lipinski definition) is 39. The molecule has 0 spiro atoms. The summed E-state index contributed by atoms with van der Waals surface area (Å²) in [5.74, 6) is 0. The fourth-order valence-corrected chi connectivity index (χ4v) is 14.7. The molecule has 119 heavy (non-hydrogen) atoms. The molecule has 0 aromatic rings. The molecule has 9 N–H and O–H groups in total. The summed E-state index contributed by atoms with van der Waals surface area (Å²) < 4.78 is 148. The number of β-amino-alcohol motifs (C(OH)–C–C–N with tert-alkyl or cyclic N) is 6. The van der Waals surface area contributed by atoms with Crippen molar-refractivity contribution in [2.24, 2.45) is 27.4 Å². The molecule has 0 saturated carbocycles. The Morgan fingerprint density at radius 3 is 0.445 bits per heavy atom. The monoisotopic (exact) mass is 1720 g/mol. The third-order valence-corrected chi connectivity index (χ3v) is 22.5. The molecule has 39 heteroatoms. The number of piperazine rings is 3. The summed E-state index contributed by atoms with van der Waals surface area (Å²) in [5, 5.41) is 79.3. The lowest BCUT2D eigenvalue weighted by Crippen LogP contribution is -2.51. The molecule has 0 bridgehead atoms. The van der Waals surface area contributed by atoms with Gasteiger partial charge in [-0.2, -0.15) is 0 Å². The zero-order valence-electron chi connectivity index (χ0n) is 70.3. The molecule has 12 aliphatic heterocycles. The Morgan fingerprint density at radius 2 is 0.328 bits per heavy atom. The van der Waals surface area contributed by atoms with Crippen molar-refractivity contribution in [2.75, 3.05) is 395 Å². The normalized spacial score (nSPS) is 29.1. The van der Waals surface area contributed by atoms with Crippen LogP contribution in [0, 0.1) is 21.7 Å². The highest BCUT2D eigenvalue weighted by Crippen LogP contribution is 2.30. The van der Waals surface area contributed by atoms with Crippen LogP contribution in [0.4, 0.5) is 0 Å². The van der Waals surface area contributed by atoms with Crippen LogP contribution in [-0.2, 0) is 118 Å². The molecule has 692 valence electrons. The number of rotatable bonds is 77. The van der Waals surface area contributed by atoms with Gasteiger partial charge in [-0.15, -0.1) is 0 Å². The Labute approximate surface area is 701 Å². The maximum atomic E-state index is 11.6. The standard InChI is InChI=1S/C80H145N7O32/c81-13-61(88)20-95-45-77(46-96-21-62(89)14-82-1-7-85(8-2-82)17-65(92)24-99-49-78(52-102-27-68-36-111-68,53-103-28-69-37-112-69)54-104-29-70-38-113-70,47-97-22-63(90)15-83-3-9-86(10-4-83)18-66(93)25-100-50-79(55-105-30-71-39-114-71,56-106-31-72-40-115-72)57-107-32-73-41-116-73)48-98-23-64(91)16-84-5-11-87(12-6-84)19-67(94)26-101-51-80(58-108-33-74-42-117-74,59-109-34-75-43-118-75)60-110-35-76-44-119-76/h61-76,88-94H,1-60,81H2. The minimum atomic E-state index is -1.06. The Hall–Kier alpha value is -1.56. The largest absolute Gasteiger partial charge is 0.389 e. The topological polar surface area (TPSA) is 448 Å². The molecule has 12 heterocycles. The van der Waals surface area contributed by atoms with E-state index in [1.165, 1.54) is 0 Å². The fraction of sp³-hybridized carbons (Fsp3) is 1.00. The van der Waals surface area contributed by atoms with Crippen molar-refractivity contribution < 1.29 is 154 Å². The van der Waals surface area contributed by atoms with Crippen LogP contribution in [0.1, 0.15) is 0 Å². The van der Waals surface area contributed by atoms with Gasteiger partial charge in [0, 0.05) is 124 Å². The van der Waals surface area contributed by atoms with Gasteiger partial charge in [-0.3, -0.25) is 29.4 Å². The predicted molar refractivity (Wildman–Crippen MR) is 420 cm³/mol. The summed E-state index contributed by atoms with van der Waals surface area (Å²) in [4.78, 5) is 13.1. The number of nitrogens with two attached hydrogens (primary N) is 1. The Balaban J connectivity index is 0.590. The van der Waals surface area contributed by atoms with Crippen molar-refractivity contribution in [2.45, 2.75) is 97.7 Å². The lowest BCUT2D eigenvalue weighted by Gasteiger charge is -2.38. The summed E-state index contributed by atoms with van der Waals surface area (Å²) in [6.07, 6.45) is -5.09. The lowest BCUT2D eigenvalue weighted by atomic mass is 9.92. The van der Waals surface area contributed by atoms with E-state index >= 15 is 0 Å². The molecule has 12 aliphatic rings. The van der Waals surface area contributed by atoms with Crippen LogP contribution in [0.15, 0.2) is 0 Å². The van der Waals surface area contributed by atoms with E-state index in [4.69, 9.17) is 124 Å². The third kappa shape index (κ3) is 40.8. The van der Waals surface area contributed by atoms with Crippen LogP contribution < -0.4 is 5.73 Å². The first-order valence-electron chi connectivity index (χ1n) is 43.6.